The lowest BCUT2D eigenvalue weighted by molar-refractivity contribution is 0.0982. The van der Waals surface area contributed by atoms with E-state index in [1.54, 1.807) is 35.7 Å². The molecule has 4 rings (SSSR count). The van der Waals surface area contributed by atoms with Crippen LogP contribution in [0.2, 0.25) is 0 Å². The number of nitrogens with two attached hydrogens (primary N) is 1. The van der Waals surface area contributed by atoms with Gasteiger partial charge < -0.3 is 21.1 Å². The molecule has 3 aromatic heterocycles. The number of rotatable bonds is 7. The van der Waals surface area contributed by atoms with Crippen molar-refractivity contribution in [1.82, 2.24) is 15.0 Å². The molecular weight excluding hydrogens is 374 g/mol. The zero-order chi connectivity index (χ0) is 19.5. The molecule has 28 heavy (non-hydrogen) atoms. The smallest absolute Gasteiger partial charge is 0.165 e. The number of nitrogen functional groups attached to an aromatic ring is 1. The fourth-order valence-corrected chi connectivity index (χ4v) is 3.61. The molecule has 0 amide bonds. The van der Waals surface area contributed by atoms with E-state index >= 15 is 0 Å². The molecule has 0 saturated heterocycles. The van der Waals surface area contributed by atoms with Crippen LogP contribution in [0.1, 0.15) is 23.2 Å². The van der Waals surface area contributed by atoms with Crippen LogP contribution in [0.4, 0.5) is 11.5 Å². The van der Waals surface area contributed by atoms with Gasteiger partial charge in [0.1, 0.15) is 28.4 Å². The molecule has 1 aromatic carbocycles. The van der Waals surface area contributed by atoms with Gasteiger partial charge in [0, 0.05) is 18.5 Å². The van der Waals surface area contributed by atoms with Crippen LogP contribution in [-0.2, 0) is 0 Å². The van der Waals surface area contributed by atoms with Crippen LogP contribution in [0.3, 0.4) is 0 Å². The van der Waals surface area contributed by atoms with E-state index in [4.69, 9.17) is 5.73 Å². The number of hydrogen-bond acceptors (Lipinski definition) is 7. The number of H-pyrrole nitrogens is 1. The number of hydrogen-bond donors (Lipinski definition) is 4. The summed E-state index contributed by atoms with van der Waals surface area (Å²) in [5, 5.41) is 15.3. The molecule has 3 heterocycles. The highest BCUT2D eigenvalue weighted by Crippen LogP contribution is 2.31. The summed E-state index contributed by atoms with van der Waals surface area (Å²) in [4.78, 5) is 25.5. The molecule has 0 aliphatic carbocycles. The third kappa shape index (κ3) is 3.67. The molecular formula is C20H19N5O2S. The number of aromatic nitrogens is 3. The van der Waals surface area contributed by atoms with Gasteiger partial charge in [-0.25, -0.2) is 9.97 Å². The number of phenols is 1. The number of fused-ring (bicyclic) bond motifs is 1. The summed E-state index contributed by atoms with van der Waals surface area (Å²) in [6.07, 6.45) is 2.60. The molecule has 0 aliphatic heterocycles. The van der Waals surface area contributed by atoms with Gasteiger partial charge in [-0.15, -0.1) is 11.3 Å². The number of phenolic OH excluding ortho intramolecular Hbond substituents is 1. The number of aromatic amines is 1. The zero-order valence-electron chi connectivity index (χ0n) is 15.0. The van der Waals surface area contributed by atoms with E-state index < -0.39 is 0 Å². The molecule has 0 bridgehead atoms. The minimum atomic E-state index is -0.0127. The molecule has 0 radical (unpaired) electrons. The number of aromatic hydroxyl groups is 1. The van der Waals surface area contributed by atoms with Gasteiger partial charge in [-0.2, -0.15) is 0 Å². The Hall–Kier alpha value is -3.39. The molecule has 5 N–H and O–H groups in total. The summed E-state index contributed by atoms with van der Waals surface area (Å²) in [7, 11) is 0. The van der Waals surface area contributed by atoms with Gasteiger partial charge in [-0.1, -0.05) is 6.07 Å². The molecule has 7 nitrogen and oxygen atoms in total. The van der Waals surface area contributed by atoms with E-state index in [0.717, 1.165) is 10.7 Å². The zero-order valence-corrected chi connectivity index (χ0v) is 15.8. The Morgan fingerprint density at radius 2 is 2.14 bits per heavy atom. The first-order valence-electron chi connectivity index (χ1n) is 8.86. The SMILES string of the molecule is Nc1ccc(NCCCC(=O)c2ccc(O)c3[nH]c(-c4cccs4)nc23)nc1. The van der Waals surface area contributed by atoms with Crippen LogP contribution in [0.5, 0.6) is 5.75 Å². The predicted molar refractivity (Wildman–Crippen MR) is 112 cm³/mol. The number of carbonyl (C=O) groups excluding carboxylic acids is 1. The van der Waals surface area contributed by atoms with Crippen LogP contribution < -0.4 is 11.1 Å². The first-order valence-corrected chi connectivity index (χ1v) is 9.74. The van der Waals surface area contributed by atoms with Crippen molar-refractivity contribution in [3.8, 4) is 16.5 Å². The van der Waals surface area contributed by atoms with Gasteiger partial charge in [0.05, 0.1) is 16.8 Å². The van der Waals surface area contributed by atoms with Gasteiger partial charge in [0.15, 0.2) is 5.78 Å². The normalized spacial score (nSPS) is 11.0. The fourth-order valence-electron chi connectivity index (χ4n) is 2.94. The largest absolute Gasteiger partial charge is 0.506 e. The number of nitrogens with one attached hydrogen (secondary N) is 2. The highest BCUT2D eigenvalue weighted by Gasteiger charge is 2.17. The molecule has 0 atom stereocenters. The van der Waals surface area contributed by atoms with E-state index in [-0.39, 0.29) is 11.5 Å². The first-order chi connectivity index (χ1) is 13.6. The van der Waals surface area contributed by atoms with Crippen LogP contribution in [0.15, 0.2) is 48.0 Å². The fraction of sp³-hybridized carbons (Fsp3) is 0.150. The highest BCUT2D eigenvalue weighted by molar-refractivity contribution is 7.13. The quantitative estimate of drug-likeness (QED) is 0.278. The highest BCUT2D eigenvalue weighted by atomic mass is 32.1. The summed E-state index contributed by atoms with van der Waals surface area (Å²) in [6, 6.07) is 10.6. The number of ketones is 1. The van der Waals surface area contributed by atoms with Crippen molar-refractivity contribution in [2.45, 2.75) is 12.8 Å². The second-order valence-corrected chi connectivity index (χ2v) is 7.30. The summed E-state index contributed by atoms with van der Waals surface area (Å²) < 4.78 is 0. The maximum absolute atomic E-state index is 12.7. The third-order valence-electron chi connectivity index (χ3n) is 4.35. The van der Waals surface area contributed by atoms with Gasteiger partial charge in [-0.05, 0) is 42.1 Å². The predicted octanol–water partition coefficient (Wildman–Crippen LogP) is 4.05. The van der Waals surface area contributed by atoms with Crippen molar-refractivity contribution in [2.24, 2.45) is 0 Å². The molecule has 0 fully saturated rings. The van der Waals surface area contributed by atoms with Crippen molar-refractivity contribution in [2.75, 3.05) is 17.6 Å². The molecule has 0 spiro atoms. The summed E-state index contributed by atoms with van der Waals surface area (Å²) in [5.74, 6) is 1.44. The number of Topliss-reactive ketones (excluding diaryl/α,β-unsaturated/α-hetero) is 1. The van der Waals surface area contributed by atoms with Crippen molar-refractivity contribution < 1.29 is 9.90 Å². The summed E-state index contributed by atoms with van der Waals surface area (Å²) >= 11 is 1.54. The third-order valence-corrected chi connectivity index (χ3v) is 5.23. The molecule has 0 saturated carbocycles. The Morgan fingerprint density at radius 3 is 2.89 bits per heavy atom. The van der Waals surface area contributed by atoms with E-state index in [2.05, 4.69) is 20.3 Å². The monoisotopic (exact) mass is 393 g/mol. The standard InChI is InChI=1S/C20H19N5O2S/c21-12-5-8-17(23-11-12)22-9-1-3-14(26)13-6-7-15(27)19-18(13)24-20(25-19)16-4-2-10-28-16/h2,4-8,10-11,27H,1,3,9,21H2,(H,22,23)(H,24,25). The number of pyridine rings is 1. The number of imidazole rings is 1. The van der Waals surface area contributed by atoms with Crippen molar-refractivity contribution in [3.63, 3.8) is 0 Å². The molecule has 8 heteroatoms. The van der Waals surface area contributed by atoms with Gasteiger partial charge >= 0.3 is 0 Å². The van der Waals surface area contributed by atoms with E-state index in [1.807, 2.05) is 17.5 Å². The van der Waals surface area contributed by atoms with Gasteiger partial charge in [0.25, 0.3) is 0 Å². The first kappa shape index (κ1) is 18.0. The Kier molecular flexibility index (Phi) is 4.94. The Labute approximate surface area is 165 Å². The Bertz CT molecular complexity index is 1100. The average molecular weight is 393 g/mol. The average Bonchev–Trinajstić information content (AvgIpc) is 3.37. The summed E-state index contributed by atoms with van der Waals surface area (Å²) in [6.45, 7) is 0.616. The van der Waals surface area contributed by atoms with Crippen LogP contribution in [0, 0.1) is 0 Å². The lowest BCUT2D eigenvalue weighted by Crippen LogP contribution is -2.07. The minimum Gasteiger partial charge on any atom is -0.506 e. The van der Waals surface area contributed by atoms with Crippen molar-refractivity contribution in [3.05, 3.63) is 53.5 Å². The molecule has 4 aromatic rings. The maximum atomic E-state index is 12.7. The van der Waals surface area contributed by atoms with Gasteiger partial charge in [0.2, 0.25) is 0 Å². The van der Waals surface area contributed by atoms with Crippen LogP contribution in [0.25, 0.3) is 21.7 Å². The van der Waals surface area contributed by atoms with Gasteiger partial charge in [-0.3, -0.25) is 4.79 Å². The lowest BCUT2D eigenvalue weighted by Gasteiger charge is -2.06. The van der Waals surface area contributed by atoms with Crippen molar-refractivity contribution in [1.29, 1.82) is 0 Å². The van der Waals surface area contributed by atoms with Crippen molar-refractivity contribution >= 4 is 39.7 Å². The minimum absolute atomic E-state index is 0.0127. The maximum Gasteiger partial charge on any atom is 0.165 e. The molecule has 0 aliphatic rings. The number of benzene rings is 1. The number of carbonyl (C=O) groups is 1. The number of anilines is 2. The number of thiophene rings is 1. The Morgan fingerprint density at radius 1 is 1.25 bits per heavy atom. The molecule has 0 unspecified atom stereocenters. The second kappa shape index (κ2) is 7.69. The van der Waals surface area contributed by atoms with Crippen LogP contribution in [-0.4, -0.2) is 32.4 Å². The van der Waals surface area contributed by atoms with E-state index in [9.17, 15) is 9.90 Å². The number of nitrogens with zero attached hydrogens (tertiary/aromatic N) is 2. The van der Waals surface area contributed by atoms with E-state index in [1.165, 1.54) is 6.07 Å². The molecule has 142 valence electrons. The second-order valence-electron chi connectivity index (χ2n) is 6.35. The topological polar surface area (TPSA) is 117 Å². The van der Waals surface area contributed by atoms with E-state index in [0.29, 0.717) is 47.5 Å². The lowest BCUT2D eigenvalue weighted by atomic mass is 10.0. The summed E-state index contributed by atoms with van der Waals surface area (Å²) in [5.41, 5.74) is 7.72. The Balaban J connectivity index is 1.46. The van der Waals surface area contributed by atoms with Crippen LogP contribution >= 0.6 is 11.3 Å².